The molecule has 5 heteroatoms. The molecule has 0 radical (unpaired) electrons. The minimum atomic E-state index is -0.255. The van der Waals surface area contributed by atoms with Crippen LogP contribution in [0.3, 0.4) is 0 Å². The van der Waals surface area contributed by atoms with Gasteiger partial charge in [0.15, 0.2) is 0 Å². The number of hydrogen-bond acceptors (Lipinski definition) is 2. The summed E-state index contributed by atoms with van der Waals surface area (Å²) in [6, 6.07) is 14.6. The van der Waals surface area contributed by atoms with Gasteiger partial charge in [-0.3, -0.25) is 9.78 Å². The van der Waals surface area contributed by atoms with Crippen LogP contribution in [0.1, 0.15) is 5.56 Å². The van der Waals surface area contributed by atoms with E-state index in [1.165, 1.54) is 6.08 Å². The van der Waals surface area contributed by atoms with Gasteiger partial charge in [0.05, 0.1) is 11.2 Å². The number of nitrogens with zero attached hydrogens (tertiary/aromatic N) is 1. The second kappa shape index (κ2) is 6.82. The van der Waals surface area contributed by atoms with Crippen LogP contribution in [0.25, 0.3) is 17.0 Å². The summed E-state index contributed by atoms with van der Waals surface area (Å²) in [6.45, 7) is 0. The van der Waals surface area contributed by atoms with Crippen molar-refractivity contribution in [3.05, 3.63) is 76.4 Å². The van der Waals surface area contributed by atoms with E-state index >= 15 is 0 Å². The summed E-state index contributed by atoms with van der Waals surface area (Å²) in [5.74, 6) is -0.255. The second-order valence-corrected chi connectivity index (χ2v) is 5.71. The topological polar surface area (TPSA) is 42.0 Å². The normalized spacial score (nSPS) is 11.0. The Morgan fingerprint density at radius 3 is 2.74 bits per heavy atom. The maximum Gasteiger partial charge on any atom is 0.248 e. The molecule has 0 saturated carbocycles. The van der Waals surface area contributed by atoms with Gasteiger partial charge in [0, 0.05) is 27.7 Å². The monoisotopic (exact) mass is 342 g/mol. The molecule has 2 aromatic carbocycles. The molecule has 0 spiro atoms. The highest BCUT2D eigenvalue weighted by Gasteiger charge is 2.04. The van der Waals surface area contributed by atoms with E-state index in [1.54, 1.807) is 30.5 Å². The van der Waals surface area contributed by atoms with Crippen LogP contribution in [0.2, 0.25) is 10.0 Å². The van der Waals surface area contributed by atoms with E-state index in [1.807, 2.05) is 30.3 Å². The van der Waals surface area contributed by atoms with Crippen LogP contribution in [0.15, 0.2) is 60.8 Å². The molecule has 0 aliphatic rings. The summed E-state index contributed by atoms with van der Waals surface area (Å²) >= 11 is 11.9. The number of carbonyl (C=O) groups is 1. The predicted octanol–water partition coefficient (Wildman–Crippen LogP) is 5.19. The number of anilines is 1. The van der Waals surface area contributed by atoms with Gasteiger partial charge in [-0.2, -0.15) is 0 Å². The number of nitrogens with one attached hydrogen (secondary N) is 1. The summed E-state index contributed by atoms with van der Waals surface area (Å²) in [5, 5.41) is 4.84. The van der Waals surface area contributed by atoms with Gasteiger partial charge < -0.3 is 5.32 Å². The number of carbonyl (C=O) groups excluding carboxylic acids is 1. The van der Waals surface area contributed by atoms with Crippen molar-refractivity contribution in [3.63, 3.8) is 0 Å². The van der Waals surface area contributed by atoms with Crippen molar-refractivity contribution >= 4 is 51.8 Å². The Morgan fingerprint density at radius 2 is 1.91 bits per heavy atom. The molecule has 0 bridgehead atoms. The van der Waals surface area contributed by atoms with E-state index in [4.69, 9.17) is 23.2 Å². The summed E-state index contributed by atoms with van der Waals surface area (Å²) in [7, 11) is 0. The minimum absolute atomic E-state index is 0.255. The zero-order valence-corrected chi connectivity index (χ0v) is 13.5. The van der Waals surface area contributed by atoms with Gasteiger partial charge in [0.1, 0.15) is 0 Å². The van der Waals surface area contributed by atoms with Gasteiger partial charge in [-0.15, -0.1) is 0 Å². The average Bonchev–Trinajstić information content (AvgIpc) is 2.54. The van der Waals surface area contributed by atoms with E-state index in [0.717, 1.165) is 16.5 Å². The highest BCUT2D eigenvalue weighted by molar-refractivity contribution is 6.35. The van der Waals surface area contributed by atoms with Gasteiger partial charge in [-0.05, 0) is 35.9 Å². The van der Waals surface area contributed by atoms with Crippen LogP contribution in [-0.2, 0) is 4.79 Å². The van der Waals surface area contributed by atoms with E-state index < -0.39 is 0 Å². The molecule has 0 aliphatic heterocycles. The Hall–Kier alpha value is -2.36. The lowest BCUT2D eigenvalue weighted by atomic mass is 10.2. The molecule has 3 rings (SSSR count). The summed E-state index contributed by atoms with van der Waals surface area (Å²) in [5.41, 5.74) is 2.14. The van der Waals surface area contributed by atoms with Crippen molar-refractivity contribution in [2.24, 2.45) is 0 Å². The molecule has 114 valence electrons. The fourth-order valence-electron chi connectivity index (χ4n) is 2.18. The summed E-state index contributed by atoms with van der Waals surface area (Å²) in [6.07, 6.45) is 4.77. The van der Waals surface area contributed by atoms with Crippen LogP contribution in [0, 0.1) is 0 Å². The first-order valence-corrected chi connectivity index (χ1v) is 7.67. The van der Waals surface area contributed by atoms with Crippen molar-refractivity contribution < 1.29 is 4.79 Å². The Bertz CT molecular complexity index is 901. The fraction of sp³-hybridized carbons (Fsp3) is 0. The molecule has 0 unspecified atom stereocenters. The van der Waals surface area contributed by atoms with Crippen LogP contribution < -0.4 is 5.32 Å². The van der Waals surface area contributed by atoms with Crippen molar-refractivity contribution in [1.82, 2.24) is 4.98 Å². The molecule has 0 fully saturated rings. The zero-order chi connectivity index (χ0) is 16.2. The molecule has 1 N–H and O–H groups in total. The summed E-state index contributed by atoms with van der Waals surface area (Å²) in [4.78, 5) is 16.4. The first kappa shape index (κ1) is 15.5. The number of fused-ring (bicyclic) bond motifs is 1. The molecule has 1 aromatic heterocycles. The lowest BCUT2D eigenvalue weighted by Crippen LogP contribution is -2.08. The number of hydrogen-bond donors (Lipinski definition) is 1. The minimum Gasteiger partial charge on any atom is -0.321 e. The molecular weight excluding hydrogens is 331 g/mol. The van der Waals surface area contributed by atoms with Gasteiger partial charge in [-0.25, -0.2) is 0 Å². The molecule has 0 aliphatic carbocycles. The number of para-hydroxylation sites is 1. The average molecular weight is 343 g/mol. The number of amides is 1. The lowest BCUT2D eigenvalue weighted by Gasteiger charge is -2.06. The largest absolute Gasteiger partial charge is 0.321 e. The van der Waals surface area contributed by atoms with Gasteiger partial charge in [0.2, 0.25) is 5.91 Å². The molecule has 3 nitrogen and oxygen atoms in total. The number of halogens is 2. The van der Waals surface area contributed by atoms with E-state index in [-0.39, 0.29) is 5.91 Å². The smallest absolute Gasteiger partial charge is 0.248 e. The quantitative estimate of drug-likeness (QED) is 0.665. The van der Waals surface area contributed by atoms with Crippen molar-refractivity contribution in [3.8, 4) is 0 Å². The molecular formula is C18H12Cl2N2O. The van der Waals surface area contributed by atoms with Gasteiger partial charge in [-0.1, -0.05) is 47.5 Å². The molecule has 3 aromatic rings. The number of aromatic nitrogens is 1. The van der Waals surface area contributed by atoms with Crippen LogP contribution >= 0.6 is 23.2 Å². The maximum absolute atomic E-state index is 12.1. The highest BCUT2D eigenvalue weighted by atomic mass is 35.5. The van der Waals surface area contributed by atoms with Crippen LogP contribution in [0.4, 0.5) is 5.69 Å². The third-order valence-corrected chi connectivity index (χ3v) is 3.83. The van der Waals surface area contributed by atoms with Crippen molar-refractivity contribution in [2.45, 2.75) is 0 Å². The molecule has 1 amide bonds. The van der Waals surface area contributed by atoms with Crippen molar-refractivity contribution in [2.75, 3.05) is 5.32 Å². The lowest BCUT2D eigenvalue weighted by molar-refractivity contribution is -0.111. The molecule has 23 heavy (non-hydrogen) atoms. The van der Waals surface area contributed by atoms with Gasteiger partial charge >= 0.3 is 0 Å². The molecule has 0 atom stereocenters. The van der Waals surface area contributed by atoms with E-state index in [9.17, 15) is 4.79 Å². The van der Waals surface area contributed by atoms with E-state index in [2.05, 4.69) is 10.3 Å². The maximum atomic E-state index is 12.1. The Labute approximate surface area is 143 Å². The zero-order valence-electron chi connectivity index (χ0n) is 12.0. The van der Waals surface area contributed by atoms with Gasteiger partial charge in [0.25, 0.3) is 0 Å². The van der Waals surface area contributed by atoms with E-state index in [0.29, 0.717) is 15.7 Å². The number of rotatable bonds is 3. The predicted molar refractivity (Wildman–Crippen MR) is 95.9 cm³/mol. The molecule has 0 saturated heterocycles. The first-order chi connectivity index (χ1) is 11.1. The molecule has 1 heterocycles. The highest BCUT2D eigenvalue weighted by Crippen LogP contribution is 2.23. The fourth-order valence-corrected chi connectivity index (χ4v) is 2.65. The first-order valence-electron chi connectivity index (χ1n) is 6.91. The number of benzene rings is 2. The Kier molecular flexibility index (Phi) is 4.60. The van der Waals surface area contributed by atoms with Crippen LogP contribution in [0.5, 0.6) is 0 Å². The Balaban J connectivity index is 1.80. The second-order valence-electron chi connectivity index (χ2n) is 4.87. The third-order valence-electron chi connectivity index (χ3n) is 3.27. The van der Waals surface area contributed by atoms with Crippen molar-refractivity contribution in [1.29, 1.82) is 0 Å². The number of pyridine rings is 1. The third kappa shape index (κ3) is 3.70. The standard InChI is InChI=1S/C18H12Cl2N2O/c19-14-8-6-12(15(20)11-14)7-9-17(23)22-16-5-1-3-13-4-2-10-21-18(13)16/h1-11H,(H,22,23)/b9-7+. The Morgan fingerprint density at radius 1 is 1.09 bits per heavy atom. The SMILES string of the molecule is O=C(/C=C/c1ccc(Cl)cc1Cl)Nc1cccc2cccnc12. The van der Waals surface area contributed by atoms with Crippen LogP contribution in [-0.4, -0.2) is 10.9 Å². The summed E-state index contributed by atoms with van der Waals surface area (Å²) < 4.78 is 0.